The molecule has 0 saturated heterocycles. The summed E-state index contributed by atoms with van der Waals surface area (Å²) in [6.07, 6.45) is 6.19. The van der Waals surface area contributed by atoms with Crippen molar-refractivity contribution in [1.82, 2.24) is 14.5 Å². The van der Waals surface area contributed by atoms with Gasteiger partial charge in [-0.25, -0.2) is 4.98 Å². The molecule has 1 aromatic rings. The Hall–Kier alpha value is -0.910. The smallest absolute Gasteiger partial charge is 0.122 e. The zero-order valence-electron chi connectivity index (χ0n) is 10.9. The minimum atomic E-state index is 0.0899. The number of imidazole rings is 1. The van der Waals surface area contributed by atoms with E-state index in [-0.39, 0.29) is 5.54 Å². The Bertz CT molecular complexity index is 370. The summed E-state index contributed by atoms with van der Waals surface area (Å²) in [5, 5.41) is 0. The highest BCUT2D eigenvalue weighted by atomic mass is 16.5. The topological polar surface area (TPSA) is 56.3 Å². The van der Waals surface area contributed by atoms with Crippen molar-refractivity contribution in [2.24, 2.45) is 12.8 Å². The zero-order chi connectivity index (χ0) is 12.5. The second-order valence-electron chi connectivity index (χ2n) is 5.00. The Labute approximate surface area is 103 Å². The van der Waals surface area contributed by atoms with E-state index in [2.05, 4.69) is 16.9 Å². The molecule has 96 valence electrons. The van der Waals surface area contributed by atoms with Crippen molar-refractivity contribution in [2.45, 2.75) is 31.0 Å². The molecular weight excluding hydrogens is 216 g/mol. The van der Waals surface area contributed by atoms with Crippen LogP contribution in [-0.2, 0) is 18.3 Å². The molecule has 0 spiro atoms. The van der Waals surface area contributed by atoms with Crippen LogP contribution in [0.5, 0.6) is 0 Å². The Morgan fingerprint density at radius 3 is 2.82 bits per heavy atom. The van der Waals surface area contributed by atoms with E-state index in [4.69, 9.17) is 10.5 Å². The molecule has 1 saturated carbocycles. The molecule has 0 atom stereocenters. The normalized spacial score (nSPS) is 28.4. The maximum absolute atomic E-state index is 5.93. The Balaban J connectivity index is 2.00. The van der Waals surface area contributed by atoms with Gasteiger partial charge in [-0.1, -0.05) is 0 Å². The second kappa shape index (κ2) is 4.76. The van der Waals surface area contributed by atoms with Gasteiger partial charge in [0.2, 0.25) is 0 Å². The molecule has 1 aliphatic carbocycles. The van der Waals surface area contributed by atoms with Crippen molar-refractivity contribution < 1.29 is 4.74 Å². The van der Waals surface area contributed by atoms with Crippen LogP contribution in [-0.4, -0.2) is 46.8 Å². The molecule has 2 rings (SSSR count). The van der Waals surface area contributed by atoms with Gasteiger partial charge in [0, 0.05) is 38.6 Å². The number of hydrogen-bond acceptors (Lipinski definition) is 4. The highest BCUT2D eigenvalue weighted by Gasteiger charge is 2.46. The van der Waals surface area contributed by atoms with Gasteiger partial charge in [-0.05, 0) is 19.9 Å². The van der Waals surface area contributed by atoms with Crippen molar-refractivity contribution in [3.63, 3.8) is 0 Å². The summed E-state index contributed by atoms with van der Waals surface area (Å²) in [6, 6.07) is 0. The molecule has 0 amide bonds. The first kappa shape index (κ1) is 12.5. The van der Waals surface area contributed by atoms with Crippen LogP contribution < -0.4 is 5.73 Å². The standard InChI is InChI=1S/C12H22N4O/c1-15-5-4-14-11(15)8-16(2)12(9-13)6-10(7-12)17-3/h4-5,10H,6-9,13H2,1-3H3. The van der Waals surface area contributed by atoms with Crippen molar-refractivity contribution >= 4 is 0 Å². The van der Waals surface area contributed by atoms with Gasteiger partial charge in [0.05, 0.1) is 12.6 Å². The molecule has 2 N–H and O–H groups in total. The van der Waals surface area contributed by atoms with Gasteiger partial charge >= 0.3 is 0 Å². The van der Waals surface area contributed by atoms with Crippen molar-refractivity contribution in [3.8, 4) is 0 Å². The quantitative estimate of drug-likeness (QED) is 0.804. The largest absolute Gasteiger partial charge is 0.381 e. The van der Waals surface area contributed by atoms with Gasteiger partial charge in [0.1, 0.15) is 5.82 Å². The van der Waals surface area contributed by atoms with E-state index in [1.54, 1.807) is 7.11 Å². The minimum absolute atomic E-state index is 0.0899. The average Bonchev–Trinajstić information content (AvgIpc) is 2.64. The van der Waals surface area contributed by atoms with E-state index < -0.39 is 0 Å². The number of ether oxygens (including phenoxy) is 1. The lowest BCUT2D eigenvalue weighted by atomic mass is 9.73. The number of nitrogens with zero attached hydrogens (tertiary/aromatic N) is 3. The van der Waals surface area contributed by atoms with E-state index in [0.717, 1.165) is 25.2 Å². The lowest BCUT2D eigenvalue weighted by Crippen LogP contribution is -2.62. The molecule has 0 aliphatic heterocycles. The molecule has 0 unspecified atom stereocenters. The summed E-state index contributed by atoms with van der Waals surface area (Å²) in [4.78, 5) is 6.66. The van der Waals surface area contributed by atoms with E-state index in [1.807, 2.05) is 24.0 Å². The number of aromatic nitrogens is 2. The monoisotopic (exact) mass is 238 g/mol. The first-order valence-corrected chi connectivity index (χ1v) is 6.01. The summed E-state index contributed by atoms with van der Waals surface area (Å²) >= 11 is 0. The summed E-state index contributed by atoms with van der Waals surface area (Å²) in [7, 11) is 5.90. The van der Waals surface area contributed by atoms with Gasteiger partial charge in [0.25, 0.3) is 0 Å². The Morgan fingerprint density at radius 2 is 2.35 bits per heavy atom. The molecule has 1 heterocycles. The van der Waals surface area contributed by atoms with Gasteiger partial charge in [-0.2, -0.15) is 0 Å². The number of aryl methyl sites for hydroxylation is 1. The first-order chi connectivity index (χ1) is 8.11. The number of likely N-dealkylation sites (N-methyl/N-ethyl adjacent to an activating group) is 1. The SMILES string of the molecule is COC1CC(CN)(N(C)Cc2nccn2C)C1. The predicted molar refractivity (Wildman–Crippen MR) is 66.5 cm³/mol. The molecule has 0 bridgehead atoms. The van der Waals surface area contributed by atoms with Gasteiger partial charge in [-0.3, -0.25) is 4.90 Å². The van der Waals surface area contributed by atoms with E-state index in [0.29, 0.717) is 12.6 Å². The zero-order valence-corrected chi connectivity index (χ0v) is 10.9. The summed E-state index contributed by atoms with van der Waals surface area (Å²) in [5.74, 6) is 1.07. The van der Waals surface area contributed by atoms with Gasteiger partial charge < -0.3 is 15.0 Å². The van der Waals surface area contributed by atoms with Crippen LogP contribution in [0.15, 0.2) is 12.4 Å². The van der Waals surface area contributed by atoms with E-state index in [1.165, 1.54) is 0 Å². The molecular formula is C12H22N4O. The second-order valence-corrected chi connectivity index (χ2v) is 5.00. The minimum Gasteiger partial charge on any atom is -0.381 e. The Kier molecular flexibility index (Phi) is 3.51. The van der Waals surface area contributed by atoms with E-state index in [9.17, 15) is 0 Å². The van der Waals surface area contributed by atoms with Crippen LogP contribution in [0.3, 0.4) is 0 Å². The van der Waals surface area contributed by atoms with Crippen LogP contribution in [0, 0.1) is 0 Å². The summed E-state index contributed by atoms with van der Waals surface area (Å²) in [6.45, 7) is 1.50. The molecule has 1 aliphatic rings. The average molecular weight is 238 g/mol. The third-order valence-corrected chi connectivity index (χ3v) is 4.04. The number of nitrogens with two attached hydrogens (primary N) is 1. The fraction of sp³-hybridized carbons (Fsp3) is 0.750. The number of hydrogen-bond donors (Lipinski definition) is 1. The van der Waals surface area contributed by atoms with Crippen LogP contribution in [0.4, 0.5) is 0 Å². The van der Waals surface area contributed by atoms with Gasteiger partial charge in [0.15, 0.2) is 0 Å². The molecule has 5 heteroatoms. The lowest BCUT2D eigenvalue weighted by Gasteiger charge is -2.51. The highest BCUT2D eigenvalue weighted by molar-refractivity contribution is 5.05. The highest BCUT2D eigenvalue weighted by Crippen LogP contribution is 2.38. The van der Waals surface area contributed by atoms with Crippen molar-refractivity contribution in [2.75, 3.05) is 20.7 Å². The lowest BCUT2D eigenvalue weighted by molar-refractivity contribution is -0.0820. The summed E-state index contributed by atoms with van der Waals surface area (Å²) in [5.41, 5.74) is 6.02. The molecule has 5 nitrogen and oxygen atoms in total. The summed E-state index contributed by atoms with van der Waals surface area (Å²) < 4.78 is 7.40. The van der Waals surface area contributed by atoms with Crippen LogP contribution in [0.2, 0.25) is 0 Å². The number of rotatable bonds is 5. The van der Waals surface area contributed by atoms with Crippen molar-refractivity contribution in [1.29, 1.82) is 0 Å². The third-order valence-electron chi connectivity index (χ3n) is 4.04. The maximum Gasteiger partial charge on any atom is 0.122 e. The molecule has 1 aromatic heterocycles. The molecule has 0 radical (unpaired) electrons. The maximum atomic E-state index is 5.93. The van der Waals surface area contributed by atoms with Crippen molar-refractivity contribution in [3.05, 3.63) is 18.2 Å². The number of methoxy groups -OCH3 is 1. The Morgan fingerprint density at radius 1 is 1.65 bits per heavy atom. The predicted octanol–water partition coefficient (Wildman–Crippen LogP) is 0.358. The van der Waals surface area contributed by atoms with Crippen LogP contribution in [0.1, 0.15) is 18.7 Å². The van der Waals surface area contributed by atoms with Gasteiger partial charge in [-0.15, -0.1) is 0 Å². The van der Waals surface area contributed by atoms with E-state index >= 15 is 0 Å². The third kappa shape index (κ3) is 2.22. The van der Waals surface area contributed by atoms with Crippen LogP contribution >= 0.6 is 0 Å². The fourth-order valence-electron chi connectivity index (χ4n) is 2.52. The molecule has 0 aromatic carbocycles. The van der Waals surface area contributed by atoms with Crippen LogP contribution in [0.25, 0.3) is 0 Å². The molecule has 1 fully saturated rings. The first-order valence-electron chi connectivity index (χ1n) is 6.01. The fourth-order valence-corrected chi connectivity index (χ4v) is 2.52. The molecule has 17 heavy (non-hydrogen) atoms.